The Hall–Kier alpha value is 1.10. The number of hydrogen-bond donors (Lipinski definition) is 0. The third-order valence-electron chi connectivity index (χ3n) is 9.26. The van der Waals surface area contributed by atoms with E-state index >= 15 is 0 Å². The van der Waals surface area contributed by atoms with Crippen molar-refractivity contribution < 1.29 is 20.6 Å². The lowest BCUT2D eigenvalue weighted by Gasteiger charge is -2.45. The molecular formula is C34H82O5Si6. The van der Waals surface area contributed by atoms with Gasteiger partial charge in [0.25, 0.3) is 0 Å². The third kappa shape index (κ3) is 21.0. The molecule has 0 aliphatic rings. The van der Waals surface area contributed by atoms with Crippen LogP contribution in [-0.4, -0.2) is 50.9 Å². The van der Waals surface area contributed by atoms with Crippen molar-refractivity contribution in [2.75, 3.05) is 0 Å². The van der Waals surface area contributed by atoms with Crippen LogP contribution in [0.1, 0.15) is 130 Å². The van der Waals surface area contributed by atoms with Gasteiger partial charge in [-0.3, -0.25) is 0 Å². The molecule has 0 bridgehead atoms. The van der Waals surface area contributed by atoms with Crippen LogP contribution < -0.4 is 0 Å². The van der Waals surface area contributed by atoms with E-state index in [1.165, 1.54) is 103 Å². The third-order valence-corrected chi connectivity index (χ3v) is 34.5. The van der Waals surface area contributed by atoms with E-state index in [0.29, 0.717) is 11.1 Å². The van der Waals surface area contributed by atoms with Crippen LogP contribution in [0.15, 0.2) is 0 Å². The van der Waals surface area contributed by atoms with Crippen LogP contribution in [0.3, 0.4) is 0 Å². The lowest BCUT2D eigenvalue weighted by atomic mass is 10.1. The molecule has 0 aromatic heterocycles. The molecule has 0 aromatic rings. The highest BCUT2D eigenvalue weighted by Gasteiger charge is 2.48. The highest BCUT2D eigenvalue weighted by molar-refractivity contribution is 6.91. The summed E-state index contributed by atoms with van der Waals surface area (Å²) in [5, 5.41) is 0. The second-order valence-corrected chi connectivity index (χ2v) is 40.0. The molecule has 0 spiro atoms. The molecule has 5 nitrogen and oxygen atoms in total. The first-order valence-electron chi connectivity index (χ1n) is 19.1. The predicted molar refractivity (Wildman–Crippen MR) is 214 cm³/mol. The minimum Gasteiger partial charge on any atom is -0.436 e. The molecule has 0 aliphatic carbocycles. The fourth-order valence-electron chi connectivity index (χ4n) is 7.72. The Kier molecular flexibility index (Phi) is 21.9. The molecule has 0 aliphatic heterocycles. The van der Waals surface area contributed by atoms with E-state index in [1.54, 1.807) is 0 Å². The summed E-state index contributed by atoms with van der Waals surface area (Å²) in [7, 11) is -13.7. The quantitative estimate of drug-likeness (QED) is 0.0591. The lowest BCUT2D eigenvalue weighted by Crippen LogP contribution is -2.60. The van der Waals surface area contributed by atoms with Crippen LogP contribution in [0.4, 0.5) is 0 Å². The number of rotatable bonds is 28. The van der Waals surface area contributed by atoms with Crippen molar-refractivity contribution in [1.82, 2.24) is 0 Å². The van der Waals surface area contributed by atoms with Crippen LogP contribution in [0, 0.1) is 0 Å². The summed E-state index contributed by atoms with van der Waals surface area (Å²) in [5.41, 5.74) is 1.34. The van der Waals surface area contributed by atoms with E-state index in [2.05, 4.69) is 106 Å². The monoisotopic (exact) mass is 738 g/mol. The molecule has 0 saturated heterocycles. The smallest absolute Gasteiger partial charge is 0.314 e. The summed E-state index contributed by atoms with van der Waals surface area (Å²) >= 11 is 0. The topological polar surface area (TPSA) is 46.2 Å². The SMILES string of the molecule is CCCCCCCCC(CC)[Si](C)(C)O[Si](C)(C)O[Si](C)(C)O[Si](C)(C)O[Si](C)(C)O[Si](C)(C)C(CC)CCCCCCCC. The fourth-order valence-corrected chi connectivity index (χ4v) is 39.3. The van der Waals surface area contributed by atoms with Gasteiger partial charge in [0.1, 0.15) is 0 Å². The minimum atomic E-state index is -2.51. The molecule has 2 unspecified atom stereocenters. The van der Waals surface area contributed by atoms with Crippen molar-refractivity contribution in [2.24, 2.45) is 0 Å². The maximum Gasteiger partial charge on any atom is 0.314 e. The highest BCUT2D eigenvalue weighted by atomic mass is 28.5. The molecule has 0 heterocycles. The van der Waals surface area contributed by atoms with Crippen LogP contribution in [-0.2, 0) is 20.6 Å². The summed E-state index contributed by atoms with van der Waals surface area (Å²) in [4.78, 5) is 0. The van der Waals surface area contributed by atoms with Crippen molar-refractivity contribution in [1.29, 1.82) is 0 Å². The second-order valence-electron chi connectivity index (χ2n) is 16.6. The van der Waals surface area contributed by atoms with E-state index in [0.717, 1.165) is 0 Å². The Bertz CT molecular complexity index is 714. The Morgan fingerprint density at radius 3 is 0.844 bits per heavy atom. The number of unbranched alkanes of at least 4 members (excludes halogenated alkanes) is 10. The average Bonchev–Trinajstić information content (AvgIpc) is 2.83. The van der Waals surface area contributed by atoms with Crippen molar-refractivity contribution in [2.45, 2.75) is 220 Å². The molecule has 0 rings (SSSR count). The van der Waals surface area contributed by atoms with Gasteiger partial charge in [0.05, 0.1) is 0 Å². The molecule has 0 fully saturated rings. The fraction of sp³-hybridized carbons (Fsp3) is 1.00. The summed E-state index contributed by atoms with van der Waals surface area (Å²) in [6, 6.07) is 0. The van der Waals surface area contributed by atoms with E-state index in [1.807, 2.05) is 0 Å². The Morgan fingerprint density at radius 1 is 0.333 bits per heavy atom. The molecule has 0 aromatic carbocycles. The molecule has 0 N–H and O–H groups in total. The first-order chi connectivity index (χ1) is 20.6. The van der Waals surface area contributed by atoms with Crippen molar-refractivity contribution in [3.8, 4) is 0 Å². The van der Waals surface area contributed by atoms with Crippen molar-refractivity contribution >= 4 is 50.9 Å². The molecule has 0 amide bonds. The maximum absolute atomic E-state index is 7.06. The standard InChI is InChI=1S/C34H82O5Si6/c1-17-21-23-25-27-29-31-33(19-3)40(5,6)35-42(9,10)37-44(13,14)39-45(15,16)38-43(11,12)36-41(7,8)34(20-4)32-30-28-26-24-22-18-2/h33-34H,17-32H2,1-16H3. The zero-order valence-corrected chi connectivity index (χ0v) is 39.5. The largest absolute Gasteiger partial charge is 0.436 e. The van der Waals surface area contributed by atoms with Crippen molar-refractivity contribution in [3.05, 3.63) is 0 Å². The number of hydrogen-bond acceptors (Lipinski definition) is 5. The average molecular weight is 740 g/mol. The molecule has 0 saturated carbocycles. The van der Waals surface area contributed by atoms with Gasteiger partial charge in [0, 0.05) is 0 Å². The van der Waals surface area contributed by atoms with E-state index in [-0.39, 0.29) is 0 Å². The zero-order valence-electron chi connectivity index (χ0n) is 33.5. The van der Waals surface area contributed by atoms with Gasteiger partial charge in [0.2, 0.25) is 0 Å². The normalized spacial score (nSPS) is 15.5. The first-order valence-corrected chi connectivity index (χ1v) is 36.3. The Balaban J connectivity index is 5.21. The van der Waals surface area contributed by atoms with Gasteiger partial charge in [0.15, 0.2) is 16.6 Å². The van der Waals surface area contributed by atoms with Gasteiger partial charge in [-0.05, 0) is 89.6 Å². The van der Waals surface area contributed by atoms with Crippen LogP contribution in [0.25, 0.3) is 0 Å². The van der Waals surface area contributed by atoms with Gasteiger partial charge < -0.3 is 20.6 Å². The minimum absolute atomic E-state index is 0.670. The van der Waals surface area contributed by atoms with Gasteiger partial charge in [-0.15, -0.1) is 0 Å². The molecule has 11 heteroatoms. The summed E-state index contributed by atoms with van der Waals surface area (Å²) < 4.78 is 34.9. The van der Waals surface area contributed by atoms with Gasteiger partial charge in [-0.25, -0.2) is 0 Å². The maximum atomic E-state index is 7.06. The van der Waals surface area contributed by atoms with Crippen molar-refractivity contribution in [3.63, 3.8) is 0 Å². The van der Waals surface area contributed by atoms with Crippen LogP contribution >= 0.6 is 0 Å². The Morgan fingerprint density at radius 2 is 0.578 bits per heavy atom. The second kappa shape index (κ2) is 21.3. The zero-order chi connectivity index (χ0) is 35.0. The van der Waals surface area contributed by atoms with Gasteiger partial charge >= 0.3 is 34.2 Å². The van der Waals surface area contributed by atoms with Gasteiger partial charge in [-0.1, -0.05) is 130 Å². The van der Waals surface area contributed by atoms with E-state index < -0.39 is 50.9 Å². The predicted octanol–water partition coefficient (Wildman–Crippen LogP) is 13.3. The molecule has 0 radical (unpaired) electrons. The van der Waals surface area contributed by atoms with E-state index in [9.17, 15) is 0 Å². The van der Waals surface area contributed by atoms with Crippen LogP contribution in [0.2, 0.25) is 89.6 Å². The molecule has 2 atom stereocenters. The van der Waals surface area contributed by atoms with Gasteiger partial charge in [-0.2, -0.15) is 0 Å². The summed E-state index contributed by atoms with van der Waals surface area (Å²) in [5.74, 6) is 0. The van der Waals surface area contributed by atoms with Crippen LogP contribution in [0.5, 0.6) is 0 Å². The lowest BCUT2D eigenvalue weighted by molar-refractivity contribution is 0.278. The Labute approximate surface area is 290 Å². The molecule has 272 valence electrons. The van der Waals surface area contributed by atoms with E-state index in [4.69, 9.17) is 20.6 Å². The first kappa shape index (κ1) is 46.1. The summed E-state index contributed by atoms with van der Waals surface area (Å²) in [6.07, 6.45) is 21.2. The summed E-state index contributed by atoms with van der Waals surface area (Å²) in [6.45, 7) is 36.6. The molecule has 45 heavy (non-hydrogen) atoms. The molecular weight excluding hydrogens is 657 g/mol. The highest BCUT2D eigenvalue weighted by Crippen LogP contribution is 2.37.